The summed E-state index contributed by atoms with van der Waals surface area (Å²) < 4.78 is 1.46. The molecule has 5 N–H and O–H groups in total. The molecular weight excluding hydrogens is 474 g/mol. The van der Waals surface area contributed by atoms with Crippen LogP contribution in [0.4, 0.5) is 17.2 Å². The van der Waals surface area contributed by atoms with Crippen LogP contribution in [0.5, 0.6) is 5.88 Å². The van der Waals surface area contributed by atoms with E-state index in [1.165, 1.54) is 28.9 Å². The third-order valence-corrected chi connectivity index (χ3v) is 5.18. The van der Waals surface area contributed by atoms with Crippen molar-refractivity contribution in [2.24, 2.45) is 4.99 Å². The molecule has 0 unspecified atom stereocenters. The molecule has 0 amide bonds. The van der Waals surface area contributed by atoms with Gasteiger partial charge in [-0.2, -0.15) is 9.61 Å². The van der Waals surface area contributed by atoms with Gasteiger partial charge >= 0.3 is 11.7 Å². The third kappa shape index (κ3) is 4.61. The Labute approximate surface area is 200 Å². The first kappa shape index (κ1) is 21.9. The maximum absolute atomic E-state index is 11.5. The van der Waals surface area contributed by atoms with E-state index in [4.69, 9.17) is 11.6 Å². The Kier molecular flexibility index (Phi) is 5.51. The Morgan fingerprint density at radius 1 is 1.14 bits per heavy atom. The van der Waals surface area contributed by atoms with Gasteiger partial charge in [-0.05, 0) is 42.5 Å². The highest BCUT2D eigenvalue weighted by Crippen LogP contribution is 2.19. The number of hydrogen-bond donors (Lipinski definition) is 5. The van der Waals surface area contributed by atoms with E-state index in [1.807, 2.05) is 6.07 Å². The quantitative estimate of drug-likeness (QED) is 0.253. The number of rotatable bonds is 5. The minimum atomic E-state index is -1.07. The monoisotopic (exact) mass is 489 g/mol. The van der Waals surface area contributed by atoms with Crippen molar-refractivity contribution >= 4 is 46.5 Å². The number of nitrogens with one attached hydrogen (secondary N) is 3. The second-order valence-electron chi connectivity index (χ2n) is 7.42. The summed E-state index contributed by atoms with van der Waals surface area (Å²) in [5.74, 6) is -0.977. The van der Waals surface area contributed by atoms with Gasteiger partial charge in [0.1, 0.15) is 11.5 Å². The number of H-pyrrole nitrogens is 2. The topological polar surface area (TPSA) is 161 Å². The first-order chi connectivity index (χ1) is 16.9. The number of carbonyl (C=O) groups is 1. The number of aromatic nitrogens is 5. The number of fused-ring (bicyclic) bond motifs is 1. The number of hydrogen-bond acceptors (Lipinski definition) is 7. The Morgan fingerprint density at radius 3 is 2.71 bits per heavy atom. The maximum Gasteiger partial charge on any atom is 0.335 e. The Morgan fingerprint density at radius 2 is 1.97 bits per heavy atom. The van der Waals surface area contributed by atoms with E-state index in [2.05, 4.69) is 30.4 Å². The lowest BCUT2D eigenvalue weighted by molar-refractivity contribution is 0.0697. The average Bonchev–Trinajstić information content (AvgIpc) is 3.36. The fraction of sp³-hybridized carbons (Fsp3) is 0. The maximum atomic E-state index is 11.5. The molecule has 3 heterocycles. The summed E-state index contributed by atoms with van der Waals surface area (Å²) in [6, 6.07) is 14.9. The molecule has 35 heavy (non-hydrogen) atoms. The second kappa shape index (κ2) is 8.80. The van der Waals surface area contributed by atoms with E-state index in [0.29, 0.717) is 38.6 Å². The van der Waals surface area contributed by atoms with Crippen molar-refractivity contribution < 1.29 is 15.0 Å². The van der Waals surface area contributed by atoms with Crippen LogP contribution in [0.15, 0.2) is 70.6 Å². The second-order valence-corrected chi connectivity index (χ2v) is 7.86. The molecule has 0 atom stereocenters. The molecule has 5 aromatic rings. The van der Waals surface area contributed by atoms with Crippen molar-refractivity contribution in [1.29, 1.82) is 0 Å². The number of carboxylic acid groups (broad SMARTS) is 1. The summed E-state index contributed by atoms with van der Waals surface area (Å²) in [6.45, 7) is 0. The molecule has 0 aliphatic carbocycles. The SMILES string of the molecule is O=C(O)c1cccc(N=c2cc(Nc3cccc(Cl)c3)nc3/c(=C/c4[nH]c(=O)[nH]c4O)cnn23)c1. The number of benzene rings is 2. The predicted molar refractivity (Wildman–Crippen MR) is 128 cm³/mol. The zero-order chi connectivity index (χ0) is 24.5. The van der Waals surface area contributed by atoms with Crippen molar-refractivity contribution in [2.75, 3.05) is 5.32 Å². The Hall–Kier alpha value is -4.90. The van der Waals surface area contributed by atoms with Gasteiger partial charge in [-0.1, -0.05) is 23.7 Å². The highest BCUT2D eigenvalue weighted by atomic mass is 35.5. The molecule has 174 valence electrons. The van der Waals surface area contributed by atoms with Crippen molar-refractivity contribution in [3.63, 3.8) is 0 Å². The Bertz CT molecular complexity index is 1770. The number of aromatic carboxylic acids is 1. The van der Waals surface area contributed by atoms with Crippen molar-refractivity contribution in [3.8, 4) is 5.88 Å². The van der Waals surface area contributed by atoms with Gasteiger partial charge in [-0.15, -0.1) is 0 Å². The molecule has 12 heteroatoms. The van der Waals surface area contributed by atoms with Gasteiger partial charge in [0.15, 0.2) is 11.1 Å². The van der Waals surface area contributed by atoms with Gasteiger partial charge in [-0.3, -0.25) is 4.98 Å². The minimum Gasteiger partial charge on any atom is -0.493 e. The fourth-order valence-electron chi connectivity index (χ4n) is 3.41. The highest BCUT2D eigenvalue weighted by molar-refractivity contribution is 6.30. The number of halogens is 1. The smallest absolute Gasteiger partial charge is 0.335 e. The van der Waals surface area contributed by atoms with Crippen molar-refractivity contribution in [2.45, 2.75) is 0 Å². The van der Waals surface area contributed by atoms with Gasteiger partial charge < -0.3 is 20.5 Å². The van der Waals surface area contributed by atoms with Crippen molar-refractivity contribution in [3.05, 3.63) is 98.3 Å². The Balaban J connectivity index is 1.73. The molecule has 0 bridgehead atoms. The molecule has 0 radical (unpaired) electrons. The molecule has 0 aliphatic rings. The van der Waals surface area contributed by atoms with Crippen LogP contribution in [-0.4, -0.2) is 40.7 Å². The first-order valence-corrected chi connectivity index (χ1v) is 10.6. The van der Waals surface area contributed by atoms with Gasteiger partial charge in [0.25, 0.3) is 0 Å². The van der Waals surface area contributed by atoms with Crippen molar-refractivity contribution in [1.82, 2.24) is 24.6 Å². The summed E-state index contributed by atoms with van der Waals surface area (Å²) in [4.78, 5) is 36.8. The van der Waals surface area contributed by atoms with Crippen LogP contribution in [0, 0.1) is 0 Å². The van der Waals surface area contributed by atoms with E-state index >= 15 is 0 Å². The van der Waals surface area contributed by atoms with E-state index < -0.39 is 11.7 Å². The molecule has 2 aromatic carbocycles. The zero-order valence-electron chi connectivity index (χ0n) is 17.7. The molecule has 0 fully saturated rings. The number of aromatic hydroxyl groups is 1. The number of aromatic amines is 2. The molecule has 0 saturated carbocycles. The van der Waals surface area contributed by atoms with Crippen LogP contribution in [0.25, 0.3) is 11.7 Å². The third-order valence-electron chi connectivity index (χ3n) is 4.95. The van der Waals surface area contributed by atoms with E-state index in [1.54, 1.807) is 36.4 Å². The number of anilines is 2. The summed E-state index contributed by atoms with van der Waals surface area (Å²) in [5, 5.41) is 27.8. The standard InChI is InChI=1S/C23H16ClN7O4/c24-14-4-2-6-16(9-14)26-18-10-19(27-15-5-1-3-12(7-15)22(33)34)31-20(29-18)13(11-25-31)8-17-21(32)30-23(35)28-17/h1-11,26,32H,(H,33,34)(H2,28,30,35)/b13-8+,27-19?. The molecule has 0 aliphatic heterocycles. The minimum absolute atomic E-state index is 0.0928. The van der Waals surface area contributed by atoms with Crippen LogP contribution in [0.2, 0.25) is 5.02 Å². The molecule has 0 saturated heterocycles. The van der Waals surface area contributed by atoms with Crippen LogP contribution >= 0.6 is 11.6 Å². The summed E-state index contributed by atoms with van der Waals surface area (Å²) in [7, 11) is 0. The normalized spacial score (nSPS) is 12.4. The van der Waals surface area contributed by atoms with Crippen LogP contribution in [-0.2, 0) is 0 Å². The lowest BCUT2D eigenvalue weighted by Crippen LogP contribution is -2.18. The molecule has 3 aromatic heterocycles. The van der Waals surface area contributed by atoms with Gasteiger partial charge in [0.2, 0.25) is 5.88 Å². The van der Waals surface area contributed by atoms with Gasteiger partial charge in [-0.25, -0.2) is 19.6 Å². The molecule has 5 rings (SSSR count). The number of carboxylic acids is 1. The zero-order valence-corrected chi connectivity index (χ0v) is 18.5. The summed E-state index contributed by atoms with van der Waals surface area (Å²) >= 11 is 6.10. The molecular formula is C23H16ClN7O4. The lowest BCUT2D eigenvalue weighted by Gasteiger charge is -2.07. The van der Waals surface area contributed by atoms with Crippen LogP contribution in [0.3, 0.4) is 0 Å². The first-order valence-electron chi connectivity index (χ1n) is 10.2. The summed E-state index contributed by atoms with van der Waals surface area (Å²) in [6.07, 6.45) is 3.02. The molecule has 11 nitrogen and oxygen atoms in total. The van der Waals surface area contributed by atoms with Crippen LogP contribution in [0.1, 0.15) is 16.1 Å². The van der Waals surface area contributed by atoms with E-state index in [0.717, 1.165) is 0 Å². The highest BCUT2D eigenvalue weighted by Gasteiger charge is 2.09. The average molecular weight is 490 g/mol. The fourth-order valence-corrected chi connectivity index (χ4v) is 3.60. The van der Waals surface area contributed by atoms with Crippen LogP contribution < -0.4 is 21.7 Å². The lowest BCUT2D eigenvalue weighted by atomic mass is 10.2. The number of imidazole rings is 1. The van der Waals surface area contributed by atoms with Gasteiger partial charge in [0.05, 0.1) is 17.4 Å². The summed E-state index contributed by atoms with van der Waals surface area (Å²) in [5.41, 5.74) is 1.50. The van der Waals surface area contributed by atoms with E-state index in [9.17, 15) is 19.8 Å². The van der Waals surface area contributed by atoms with Gasteiger partial charge in [0, 0.05) is 22.0 Å². The predicted octanol–water partition coefficient (Wildman–Crippen LogP) is 2.33. The largest absolute Gasteiger partial charge is 0.493 e. The number of nitrogens with zero attached hydrogens (tertiary/aromatic N) is 4. The molecule has 0 spiro atoms. The van der Waals surface area contributed by atoms with E-state index in [-0.39, 0.29) is 17.1 Å².